The third-order valence-corrected chi connectivity index (χ3v) is 4.49. The number of fused-ring (bicyclic) bond motifs is 1. The van der Waals surface area contributed by atoms with E-state index in [1.54, 1.807) is 19.1 Å². The highest BCUT2D eigenvalue weighted by atomic mass is 16.5. The lowest BCUT2D eigenvalue weighted by Gasteiger charge is -2.17. The van der Waals surface area contributed by atoms with Crippen molar-refractivity contribution in [3.8, 4) is 5.75 Å². The molecule has 0 spiro atoms. The van der Waals surface area contributed by atoms with Gasteiger partial charge < -0.3 is 14.4 Å². The summed E-state index contributed by atoms with van der Waals surface area (Å²) in [6, 6.07) is 12.2. The first-order valence-electron chi connectivity index (χ1n) is 8.16. The van der Waals surface area contributed by atoms with Crippen LogP contribution >= 0.6 is 0 Å². The van der Waals surface area contributed by atoms with Gasteiger partial charge in [0.15, 0.2) is 0 Å². The summed E-state index contributed by atoms with van der Waals surface area (Å²) in [6.07, 6.45) is 0. The van der Waals surface area contributed by atoms with Gasteiger partial charge in [-0.3, -0.25) is 4.79 Å². The van der Waals surface area contributed by atoms with Gasteiger partial charge in [-0.05, 0) is 29.2 Å². The van der Waals surface area contributed by atoms with E-state index in [2.05, 4.69) is 26.0 Å². The summed E-state index contributed by atoms with van der Waals surface area (Å²) in [5, 5.41) is 0. The molecule has 1 amide bonds. The number of carbonyl (C=O) groups is 1. The molecule has 0 fully saturated rings. The topological polar surface area (TPSA) is 38.8 Å². The van der Waals surface area contributed by atoms with Crippen LogP contribution in [0.2, 0.25) is 0 Å². The third kappa shape index (κ3) is 2.78. The molecule has 0 radical (unpaired) electrons. The highest BCUT2D eigenvalue weighted by Crippen LogP contribution is 2.36. The van der Waals surface area contributed by atoms with Gasteiger partial charge in [0.2, 0.25) is 0 Å². The summed E-state index contributed by atoms with van der Waals surface area (Å²) in [6.45, 7) is 5.31. The second-order valence-electron chi connectivity index (χ2n) is 6.36. The van der Waals surface area contributed by atoms with E-state index in [0.717, 1.165) is 16.8 Å². The van der Waals surface area contributed by atoms with Crippen molar-refractivity contribution in [1.29, 1.82) is 0 Å². The molecule has 126 valence electrons. The zero-order valence-electron chi connectivity index (χ0n) is 14.6. The number of ether oxygens (including phenoxy) is 2. The number of hydrogen-bond acceptors (Lipinski definition) is 3. The molecule has 4 heteroatoms. The molecule has 0 atom stereocenters. The number of amides is 1. The molecular formula is C20H23NO3. The molecule has 1 aliphatic heterocycles. The van der Waals surface area contributed by atoms with E-state index in [9.17, 15) is 4.79 Å². The average Bonchev–Trinajstić information content (AvgIpc) is 2.92. The van der Waals surface area contributed by atoms with Crippen molar-refractivity contribution in [2.24, 2.45) is 0 Å². The van der Waals surface area contributed by atoms with Crippen molar-refractivity contribution in [3.63, 3.8) is 0 Å². The molecule has 4 nitrogen and oxygen atoms in total. The number of carbonyl (C=O) groups excluding carboxylic acids is 1. The lowest BCUT2D eigenvalue weighted by Crippen LogP contribution is -2.23. The Morgan fingerprint density at radius 2 is 1.79 bits per heavy atom. The first-order chi connectivity index (χ1) is 11.6. The molecule has 0 saturated carbocycles. The van der Waals surface area contributed by atoms with Crippen LogP contribution in [0.1, 0.15) is 46.8 Å². The standard InChI is InChI=1S/C20H23NO3/c1-13(2)14-7-9-17(10-8-14)21-11-15-5-6-16(12-23-3)19(24-4)18(15)20(21)22/h5-10,13H,11-12H2,1-4H3. The Balaban J connectivity index is 1.96. The maximum atomic E-state index is 13.0. The molecule has 0 unspecified atom stereocenters. The molecular weight excluding hydrogens is 302 g/mol. The quantitative estimate of drug-likeness (QED) is 0.830. The molecule has 0 saturated heterocycles. The molecule has 1 aliphatic rings. The van der Waals surface area contributed by atoms with E-state index >= 15 is 0 Å². The normalized spacial score (nSPS) is 13.5. The van der Waals surface area contributed by atoms with E-state index in [-0.39, 0.29) is 5.91 Å². The number of anilines is 1. The van der Waals surface area contributed by atoms with E-state index < -0.39 is 0 Å². The van der Waals surface area contributed by atoms with Gasteiger partial charge in [-0.1, -0.05) is 38.1 Å². The molecule has 0 bridgehead atoms. The van der Waals surface area contributed by atoms with E-state index in [1.165, 1.54) is 5.56 Å². The van der Waals surface area contributed by atoms with Crippen LogP contribution in [-0.2, 0) is 17.9 Å². The van der Waals surface area contributed by atoms with Crippen molar-refractivity contribution >= 4 is 11.6 Å². The van der Waals surface area contributed by atoms with Gasteiger partial charge >= 0.3 is 0 Å². The zero-order chi connectivity index (χ0) is 17.3. The maximum absolute atomic E-state index is 13.0. The molecule has 0 aromatic heterocycles. The Kier molecular flexibility index (Phi) is 4.58. The minimum absolute atomic E-state index is 0.0166. The molecule has 2 aromatic carbocycles. The van der Waals surface area contributed by atoms with Crippen LogP contribution in [0.15, 0.2) is 36.4 Å². The lowest BCUT2D eigenvalue weighted by atomic mass is 10.0. The first kappa shape index (κ1) is 16.5. The molecule has 0 aliphatic carbocycles. The van der Waals surface area contributed by atoms with Gasteiger partial charge in [-0.2, -0.15) is 0 Å². The summed E-state index contributed by atoms with van der Waals surface area (Å²) in [5.41, 5.74) is 4.72. The minimum atomic E-state index is -0.0166. The van der Waals surface area contributed by atoms with Crippen LogP contribution < -0.4 is 9.64 Å². The van der Waals surface area contributed by atoms with Crippen molar-refractivity contribution < 1.29 is 14.3 Å². The molecule has 3 rings (SSSR count). The fourth-order valence-electron chi connectivity index (χ4n) is 3.16. The van der Waals surface area contributed by atoms with Gasteiger partial charge in [0.05, 0.1) is 25.8 Å². The van der Waals surface area contributed by atoms with Crippen LogP contribution in [-0.4, -0.2) is 20.1 Å². The van der Waals surface area contributed by atoms with Crippen LogP contribution in [0.25, 0.3) is 0 Å². The predicted molar refractivity (Wildman–Crippen MR) is 94.8 cm³/mol. The van der Waals surface area contributed by atoms with E-state index in [0.29, 0.717) is 30.4 Å². The largest absolute Gasteiger partial charge is 0.496 e. The number of nitrogens with zero attached hydrogens (tertiary/aromatic N) is 1. The average molecular weight is 325 g/mol. The fourth-order valence-corrected chi connectivity index (χ4v) is 3.16. The Hall–Kier alpha value is -2.33. The summed E-state index contributed by atoms with van der Waals surface area (Å²) in [4.78, 5) is 14.8. The third-order valence-electron chi connectivity index (χ3n) is 4.49. The van der Waals surface area contributed by atoms with Gasteiger partial charge in [0.25, 0.3) is 5.91 Å². The molecule has 24 heavy (non-hydrogen) atoms. The first-order valence-corrected chi connectivity index (χ1v) is 8.16. The van der Waals surface area contributed by atoms with Gasteiger partial charge in [-0.25, -0.2) is 0 Å². The second-order valence-corrected chi connectivity index (χ2v) is 6.36. The zero-order valence-corrected chi connectivity index (χ0v) is 14.6. The lowest BCUT2D eigenvalue weighted by molar-refractivity contribution is 0.0993. The minimum Gasteiger partial charge on any atom is -0.496 e. The van der Waals surface area contributed by atoms with Gasteiger partial charge in [-0.15, -0.1) is 0 Å². The van der Waals surface area contributed by atoms with Gasteiger partial charge in [0.1, 0.15) is 5.75 Å². The van der Waals surface area contributed by atoms with Crippen LogP contribution in [0.5, 0.6) is 5.75 Å². The number of benzene rings is 2. The van der Waals surface area contributed by atoms with E-state index in [4.69, 9.17) is 9.47 Å². The van der Waals surface area contributed by atoms with Crippen molar-refractivity contribution in [2.45, 2.75) is 32.9 Å². The summed E-state index contributed by atoms with van der Waals surface area (Å²) >= 11 is 0. The number of hydrogen-bond donors (Lipinski definition) is 0. The second kappa shape index (κ2) is 6.65. The van der Waals surface area contributed by atoms with Crippen molar-refractivity contribution in [1.82, 2.24) is 0 Å². The Morgan fingerprint density at radius 3 is 2.38 bits per heavy atom. The van der Waals surface area contributed by atoms with Crippen LogP contribution in [0.3, 0.4) is 0 Å². The van der Waals surface area contributed by atoms with Crippen LogP contribution in [0.4, 0.5) is 5.69 Å². The number of rotatable bonds is 5. The smallest absolute Gasteiger partial charge is 0.262 e. The summed E-state index contributed by atoms with van der Waals surface area (Å²) < 4.78 is 10.7. The Morgan fingerprint density at radius 1 is 1.08 bits per heavy atom. The molecule has 0 N–H and O–H groups in total. The van der Waals surface area contributed by atoms with E-state index in [1.807, 2.05) is 24.3 Å². The maximum Gasteiger partial charge on any atom is 0.262 e. The number of methoxy groups -OCH3 is 2. The molecule has 2 aromatic rings. The van der Waals surface area contributed by atoms with Crippen molar-refractivity contribution in [3.05, 3.63) is 58.7 Å². The monoisotopic (exact) mass is 325 g/mol. The van der Waals surface area contributed by atoms with Gasteiger partial charge in [0, 0.05) is 18.4 Å². The highest BCUT2D eigenvalue weighted by molar-refractivity contribution is 6.12. The fraction of sp³-hybridized carbons (Fsp3) is 0.350. The van der Waals surface area contributed by atoms with Crippen LogP contribution in [0, 0.1) is 0 Å². The van der Waals surface area contributed by atoms with Crippen molar-refractivity contribution in [2.75, 3.05) is 19.1 Å². The molecule has 1 heterocycles. The Labute approximate surface area is 143 Å². The predicted octanol–water partition coefficient (Wildman–Crippen LogP) is 4.13. The Bertz CT molecular complexity index is 750. The highest BCUT2D eigenvalue weighted by Gasteiger charge is 2.32. The summed E-state index contributed by atoms with van der Waals surface area (Å²) in [7, 11) is 3.24. The summed E-state index contributed by atoms with van der Waals surface area (Å²) in [5.74, 6) is 1.08. The SMILES string of the molecule is COCc1ccc2c(c1OC)C(=O)N(c1ccc(C(C)C)cc1)C2.